The molecule has 1 heterocycles. The molecule has 1 atom stereocenters. The van der Waals surface area contributed by atoms with Crippen molar-refractivity contribution < 1.29 is 9.47 Å². The van der Waals surface area contributed by atoms with E-state index >= 15 is 0 Å². The van der Waals surface area contributed by atoms with Crippen molar-refractivity contribution in [3.63, 3.8) is 0 Å². The lowest BCUT2D eigenvalue weighted by atomic mass is 10.1. The number of hydrogen-bond donors (Lipinski definition) is 1. The number of hydrogen-bond acceptors (Lipinski definition) is 3. The van der Waals surface area contributed by atoms with Gasteiger partial charge in [0, 0.05) is 13.2 Å². The maximum Gasteiger partial charge on any atom is 0.148 e. The van der Waals surface area contributed by atoms with Gasteiger partial charge in [-0.2, -0.15) is 0 Å². The molecular weight excluding hydrogens is 398 g/mol. The number of rotatable bonds is 6. The first-order valence-electron chi connectivity index (χ1n) is 7.49. The Morgan fingerprint density at radius 1 is 1.33 bits per heavy atom. The minimum absolute atomic E-state index is 0.149. The second-order valence-electron chi connectivity index (χ2n) is 5.87. The standard InChI is InChI=1S/C16H23Br2NO2/c1-11(2)8-19-9-12-6-14(17)16(15(18)7-12)21-13-4-3-5-20-10-13/h6-7,11,13,19H,3-5,8-10H2,1-2H3. The summed E-state index contributed by atoms with van der Waals surface area (Å²) < 4.78 is 13.5. The zero-order valence-corrected chi connectivity index (χ0v) is 15.8. The fourth-order valence-corrected chi connectivity index (χ4v) is 3.77. The predicted octanol–water partition coefficient (Wildman–Crippen LogP) is 4.52. The van der Waals surface area contributed by atoms with Gasteiger partial charge in [0.2, 0.25) is 0 Å². The first-order chi connectivity index (χ1) is 10.1. The van der Waals surface area contributed by atoms with Crippen LogP contribution in [0.3, 0.4) is 0 Å². The van der Waals surface area contributed by atoms with Gasteiger partial charge in [-0.05, 0) is 74.9 Å². The average Bonchev–Trinajstić information content (AvgIpc) is 2.44. The van der Waals surface area contributed by atoms with Crippen LogP contribution in [0.4, 0.5) is 0 Å². The summed E-state index contributed by atoms with van der Waals surface area (Å²) in [5.74, 6) is 1.53. The molecule has 2 rings (SSSR count). The average molecular weight is 421 g/mol. The van der Waals surface area contributed by atoms with Crippen molar-refractivity contribution in [1.29, 1.82) is 0 Å². The van der Waals surface area contributed by atoms with Crippen molar-refractivity contribution in [2.24, 2.45) is 5.92 Å². The lowest BCUT2D eigenvalue weighted by molar-refractivity contribution is 0.00678. The molecule has 0 amide bonds. The third kappa shape index (κ3) is 5.55. The Balaban J connectivity index is 1.99. The summed E-state index contributed by atoms with van der Waals surface area (Å²) in [6.45, 7) is 7.83. The lowest BCUT2D eigenvalue weighted by Crippen LogP contribution is -2.28. The summed E-state index contributed by atoms with van der Waals surface area (Å²) in [7, 11) is 0. The van der Waals surface area contributed by atoms with Crippen LogP contribution in [0.15, 0.2) is 21.1 Å². The molecule has 1 aromatic carbocycles. The van der Waals surface area contributed by atoms with Gasteiger partial charge in [0.15, 0.2) is 0 Å². The van der Waals surface area contributed by atoms with E-state index < -0.39 is 0 Å². The van der Waals surface area contributed by atoms with E-state index in [0.717, 1.165) is 47.2 Å². The van der Waals surface area contributed by atoms with Crippen molar-refractivity contribution in [2.75, 3.05) is 19.8 Å². The molecule has 21 heavy (non-hydrogen) atoms. The summed E-state index contributed by atoms with van der Waals surface area (Å²) in [6, 6.07) is 4.24. The Kier molecular flexibility index (Phi) is 6.99. The molecule has 1 N–H and O–H groups in total. The van der Waals surface area contributed by atoms with Crippen molar-refractivity contribution in [3.05, 3.63) is 26.6 Å². The van der Waals surface area contributed by atoms with Gasteiger partial charge in [0.25, 0.3) is 0 Å². The molecule has 0 bridgehead atoms. The Labute approximate surface area is 144 Å². The maximum atomic E-state index is 6.08. The lowest BCUT2D eigenvalue weighted by Gasteiger charge is -2.24. The topological polar surface area (TPSA) is 30.5 Å². The highest BCUT2D eigenvalue weighted by molar-refractivity contribution is 9.11. The molecule has 1 fully saturated rings. The van der Waals surface area contributed by atoms with Crippen LogP contribution in [-0.4, -0.2) is 25.9 Å². The van der Waals surface area contributed by atoms with Crippen molar-refractivity contribution >= 4 is 31.9 Å². The predicted molar refractivity (Wildman–Crippen MR) is 92.9 cm³/mol. The quantitative estimate of drug-likeness (QED) is 0.733. The fourth-order valence-electron chi connectivity index (χ4n) is 2.30. The third-order valence-corrected chi connectivity index (χ3v) is 4.52. The van der Waals surface area contributed by atoms with E-state index in [1.807, 2.05) is 0 Å². The number of ether oxygens (including phenoxy) is 2. The van der Waals surface area contributed by atoms with E-state index in [1.54, 1.807) is 0 Å². The second-order valence-corrected chi connectivity index (χ2v) is 7.58. The molecule has 1 aromatic rings. The van der Waals surface area contributed by atoms with Crippen molar-refractivity contribution in [2.45, 2.75) is 39.3 Å². The number of benzene rings is 1. The van der Waals surface area contributed by atoms with Gasteiger partial charge in [0.1, 0.15) is 11.9 Å². The van der Waals surface area contributed by atoms with Gasteiger partial charge in [-0.3, -0.25) is 0 Å². The van der Waals surface area contributed by atoms with Gasteiger partial charge in [-0.15, -0.1) is 0 Å². The van der Waals surface area contributed by atoms with Crippen LogP contribution in [0.5, 0.6) is 5.75 Å². The Morgan fingerprint density at radius 2 is 2.05 bits per heavy atom. The molecule has 0 spiro atoms. The van der Waals surface area contributed by atoms with Gasteiger partial charge >= 0.3 is 0 Å². The molecule has 118 valence electrons. The first-order valence-corrected chi connectivity index (χ1v) is 9.08. The largest absolute Gasteiger partial charge is 0.486 e. The van der Waals surface area contributed by atoms with Crippen molar-refractivity contribution in [3.8, 4) is 5.75 Å². The monoisotopic (exact) mass is 419 g/mol. The van der Waals surface area contributed by atoms with Crippen molar-refractivity contribution in [1.82, 2.24) is 5.32 Å². The highest BCUT2D eigenvalue weighted by atomic mass is 79.9. The van der Waals surface area contributed by atoms with E-state index in [0.29, 0.717) is 12.5 Å². The Morgan fingerprint density at radius 3 is 2.62 bits per heavy atom. The van der Waals surface area contributed by atoms with Gasteiger partial charge in [-0.1, -0.05) is 13.8 Å². The molecule has 5 heteroatoms. The van der Waals surface area contributed by atoms with Crippen LogP contribution >= 0.6 is 31.9 Å². The zero-order chi connectivity index (χ0) is 15.2. The molecule has 0 aromatic heterocycles. The van der Waals surface area contributed by atoms with E-state index in [9.17, 15) is 0 Å². The van der Waals surface area contributed by atoms with Gasteiger partial charge in [0.05, 0.1) is 15.6 Å². The highest BCUT2D eigenvalue weighted by Crippen LogP contribution is 2.36. The van der Waals surface area contributed by atoms with Gasteiger partial charge in [-0.25, -0.2) is 0 Å². The minimum Gasteiger partial charge on any atom is -0.486 e. The summed E-state index contributed by atoms with van der Waals surface area (Å²) in [5, 5.41) is 3.45. The van der Waals surface area contributed by atoms with Crippen LogP contribution < -0.4 is 10.1 Å². The molecule has 1 aliphatic rings. The summed E-state index contributed by atoms with van der Waals surface area (Å²) >= 11 is 7.24. The summed E-state index contributed by atoms with van der Waals surface area (Å²) in [4.78, 5) is 0. The molecular formula is C16H23Br2NO2. The number of nitrogens with one attached hydrogen (secondary N) is 1. The molecule has 3 nitrogen and oxygen atoms in total. The van der Waals surface area contributed by atoms with Crippen LogP contribution in [-0.2, 0) is 11.3 Å². The van der Waals surface area contributed by atoms with E-state index in [1.165, 1.54) is 5.56 Å². The van der Waals surface area contributed by atoms with E-state index in [2.05, 4.69) is 63.2 Å². The van der Waals surface area contributed by atoms with Gasteiger partial charge < -0.3 is 14.8 Å². The highest BCUT2D eigenvalue weighted by Gasteiger charge is 2.18. The molecule has 1 unspecified atom stereocenters. The molecule has 0 aliphatic carbocycles. The Hall–Kier alpha value is -0.100. The molecule has 1 aliphatic heterocycles. The molecule has 0 saturated carbocycles. The number of halogens is 2. The summed E-state index contributed by atoms with van der Waals surface area (Å²) in [6.07, 6.45) is 2.27. The Bertz CT molecular complexity index is 437. The summed E-state index contributed by atoms with van der Waals surface area (Å²) in [5.41, 5.74) is 1.24. The maximum absolute atomic E-state index is 6.08. The van der Waals surface area contributed by atoms with E-state index in [4.69, 9.17) is 9.47 Å². The van der Waals surface area contributed by atoms with Crippen LogP contribution in [0.2, 0.25) is 0 Å². The third-order valence-electron chi connectivity index (χ3n) is 3.34. The van der Waals surface area contributed by atoms with Crippen LogP contribution in [0.25, 0.3) is 0 Å². The zero-order valence-electron chi connectivity index (χ0n) is 12.6. The van der Waals surface area contributed by atoms with E-state index in [-0.39, 0.29) is 6.10 Å². The molecule has 0 radical (unpaired) electrons. The van der Waals surface area contributed by atoms with Crippen LogP contribution in [0, 0.1) is 5.92 Å². The minimum atomic E-state index is 0.149. The second kappa shape index (κ2) is 8.51. The normalized spacial score (nSPS) is 19.0. The SMILES string of the molecule is CC(C)CNCc1cc(Br)c(OC2CCCOC2)c(Br)c1. The first kappa shape index (κ1) is 17.3. The fraction of sp³-hybridized carbons (Fsp3) is 0.625. The van der Waals surface area contributed by atoms with Crippen LogP contribution in [0.1, 0.15) is 32.3 Å². The smallest absolute Gasteiger partial charge is 0.148 e. The molecule has 1 saturated heterocycles.